The third-order valence-electron chi connectivity index (χ3n) is 2.72. The SMILES string of the molecule is CCOC(=O)CN(C(=O)CSc1ccc(Cl)cc1)C(C)C. The summed E-state index contributed by atoms with van der Waals surface area (Å²) in [6.45, 7) is 5.81. The summed E-state index contributed by atoms with van der Waals surface area (Å²) < 4.78 is 4.89. The highest BCUT2D eigenvalue weighted by Gasteiger charge is 2.20. The molecule has 0 saturated heterocycles. The highest BCUT2D eigenvalue weighted by molar-refractivity contribution is 8.00. The molecule has 0 unspecified atom stereocenters. The maximum absolute atomic E-state index is 12.2. The smallest absolute Gasteiger partial charge is 0.325 e. The van der Waals surface area contributed by atoms with Crippen LogP contribution in [0.3, 0.4) is 0 Å². The average Bonchev–Trinajstić information content (AvgIpc) is 2.44. The van der Waals surface area contributed by atoms with E-state index in [1.807, 2.05) is 26.0 Å². The first-order chi connectivity index (χ1) is 9.93. The number of esters is 1. The van der Waals surface area contributed by atoms with Gasteiger partial charge in [-0.3, -0.25) is 9.59 Å². The standard InChI is InChI=1S/C15H20ClNO3S/c1-4-20-15(19)9-17(11(2)3)14(18)10-21-13-7-5-12(16)6-8-13/h5-8,11H,4,9-10H2,1-3H3. The molecule has 1 amide bonds. The van der Waals surface area contributed by atoms with Crippen LogP contribution in [0.5, 0.6) is 0 Å². The van der Waals surface area contributed by atoms with E-state index in [2.05, 4.69) is 0 Å². The maximum atomic E-state index is 12.2. The second-order valence-corrected chi connectivity index (χ2v) is 6.15. The molecule has 0 aliphatic rings. The van der Waals surface area contributed by atoms with Crippen LogP contribution in [0.1, 0.15) is 20.8 Å². The number of halogens is 1. The fraction of sp³-hybridized carbons (Fsp3) is 0.467. The molecule has 0 aliphatic carbocycles. The lowest BCUT2D eigenvalue weighted by Crippen LogP contribution is -2.42. The normalized spacial score (nSPS) is 10.5. The lowest BCUT2D eigenvalue weighted by molar-refractivity contribution is -0.149. The van der Waals surface area contributed by atoms with E-state index in [0.717, 1.165) is 4.90 Å². The molecule has 0 radical (unpaired) electrons. The number of rotatable bonds is 7. The Labute approximate surface area is 134 Å². The topological polar surface area (TPSA) is 46.6 Å². The van der Waals surface area contributed by atoms with Gasteiger partial charge < -0.3 is 9.64 Å². The molecular formula is C15H20ClNO3S. The van der Waals surface area contributed by atoms with Crippen LogP contribution in [0, 0.1) is 0 Å². The number of hydrogen-bond donors (Lipinski definition) is 0. The number of carbonyl (C=O) groups is 2. The van der Waals surface area contributed by atoms with Crippen molar-refractivity contribution < 1.29 is 14.3 Å². The highest BCUT2D eigenvalue weighted by Crippen LogP contribution is 2.21. The summed E-state index contributed by atoms with van der Waals surface area (Å²) in [5.41, 5.74) is 0. The van der Waals surface area contributed by atoms with Crippen molar-refractivity contribution in [3.63, 3.8) is 0 Å². The average molecular weight is 330 g/mol. The van der Waals surface area contributed by atoms with E-state index in [9.17, 15) is 9.59 Å². The molecule has 1 rings (SSSR count). The summed E-state index contributed by atoms with van der Waals surface area (Å²) in [5.74, 6) is -0.187. The number of hydrogen-bond acceptors (Lipinski definition) is 4. The predicted molar refractivity (Wildman–Crippen MR) is 85.7 cm³/mol. The molecule has 0 heterocycles. The molecule has 0 bridgehead atoms. The van der Waals surface area contributed by atoms with E-state index in [-0.39, 0.29) is 30.2 Å². The molecule has 0 spiro atoms. The van der Waals surface area contributed by atoms with Gasteiger partial charge in [-0.15, -0.1) is 11.8 Å². The number of thioether (sulfide) groups is 1. The molecule has 0 aliphatic heterocycles. The van der Waals surface area contributed by atoms with Gasteiger partial charge in [0, 0.05) is 16.0 Å². The van der Waals surface area contributed by atoms with E-state index < -0.39 is 0 Å². The maximum Gasteiger partial charge on any atom is 0.325 e. The molecule has 116 valence electrons. The minimum absolute atomic E-state index is 0.00841. The molecule has 1 aromatic carbocycles. The second-order valence-electron chi connectivity index (χ2n) is 4.66. The lowest BCUT2D eigenvalue weighted by atomic mass is 10.3. The quantitative estimate of drug-likeness (QED) is 0.569. The Balaban J connectivity index is 2.56. The Kier molecular flexibility index (Phi) is 7.61. The molecule has 0 N–H and O–H groups in total. The summed E-state index contributed by atoms with van der Waals surface area (Å²) in [6.07, 6.45) is 0. The molecule has 0 fully saturated rings. The van der Waals surface area contributed by atoms with Crippen molar-refractivity contribution in [1.82, 2.24) is 4.90 Å². The van der Waals surface area contributed by atoms with Crippen LogP contribution in [0.4, 0.5) is 0 Å². The van der Waals surface area contributed by atoms with Crippen LogP contribution in [0.25, 0.3) is 0 Å². The fourth-order valence-corrected chi connectivity index (χ4v) is 2.57. The predicted octanol–water partition coefficient (Wildman–Crippen LogP) is 3.23. The molecule has 1 aromatic rings. The minimum atomic E-state index is -0.379. The Morgan fingerprint density at radius 2 is 1.90 bits per heavy atom. The van der Waals surface area contributed by atoms with Gasteiger partial charge in [-0.25, -0.2) is 0 Å². The van der Waals surface area contributed by atoms with Crippen molar-refractivity contribution in [2.24, 2.45) is 0 Å². The molecule has 6 heteroatoms. The Bertz CT molecular complexity index is 476. The van der Waals surface area contributed by atoms with Gasteiger partial charge in [-0.2, -0.15) is 0 Å². The monoisotopic (exact) mass is 329 g/mol. The van der Waals surface area contributed by atoms with E-state index in [1.165, 1.54) is 16.7 Å². The third kappa shape index (κ3) is 6.40. The van der Waals surface area contributed by atoms with E-state index in [0.29, 0.717) is 11.6 Å². The van der Waals surface area contributed by atoms with Crippen LogP contribution < -0.4 is 0 Å². The zero-order valence-corrected chi connectivity index (χ0v) is 14.0. The van der Waals surface area contributed by atoms with E-state index >= 15 is 0 Å². The van der Waals surface area contributed by atoms with Crippen LogP contribution in [0.2, 0.25) is 5.02 Å². The van der Waals surface area contributed by atoms with Gasteiger partial charge in [0.15, 0.2) is 0 Å². The molecular weight excluding hydrogens is 310 g/mol. The molecule has 4 nitrogen and oxygen atoms in total. The summed E-state index contributed by atoms with van der Waals surface area (Å²) in [7, 11) is 0. The zero-order valence-electron chi connectivity index (χ0n) is 12.5. The zero-order chi connectivity index (χ0) is 15.8. The second kappa shape index (κ2) is 8.95. The minimum Gasteiger partial charge on any atom is -0.465 e. The Morgan fingerprint density at radius 3 is 2.43 bits per heavy atom. The number of amides is 1. The summed E-state index contributed by atoms with van der Waals surface area (Å²) >= 11 is 7.24. The first kappa shape index (κ1) is 17.9. The van der Waals surface area contributed by atoms with Crippen molar-refractivity contribution in [2.75, 3.05) is 18.9 Å². The Morgan fingerprint density at radius 1 is 1.29 bits per heavy atom. The van der Waals surface area contributed by atoms with Gasteiger partial charge in [0.2, 0.25) is 5.91 Å². The summed E-state index contributed by atoms with van der Waals surface area (Å²) in [6, 6.07) is 7.25. The number of nitrogens with zero attached hydrogens (tertiary/aromatic N) is 1. The van der Waals surface area contributed by atoms with Crippen molar-refractivity contribution >= 4 is 35.2 Å². The van der Waals surface area contributed by atoms with Gasteiger partial charge in [0.25, 0.3) is 0 Å². The molecule has 0 saturated carbocycles. The van der Waals surface area contributed by atoms with E-state index in [4.69, 9.17) is 16.3 Å². The van der Waals surface area contributed by atoms with Gasteiger partial charge in [0.1, 0.15) is 6.54 Å². The summed E-state index contributed by atoms with van der Waals surface area (Å²) in [5, 5.41) is 0.664. The molecule has 21 heavy (non-hydrogen) atoms. The van der Waals surface area contributed by atoms with Crippen molar-refractivity contribution in [3.8, 4) is 0 Å². The van der Waals surface area contributed by atoms with Crippen LogP contribution >= 0.6 is 23.4 Å². The largest absolute Gasteiger partial charge is 0.465 e. The van der Waals surface area contributed by atoms with Crippen LogP contribution in [-0.4, -0.2) is 41.7 Å². The number of benzene rings is 1. The molecule has 0 aromatic heterocycles. The summed E-state index contributed by atoms with van der Waals surface area (Å²) in [4.78, 5) is 26.3. The highest BCUT2D eigenvalue weighted by atomic mass is 35.5. The van der Waals surface area contributed by atoms with E-state index in [1.54, 1.807) is 19.1 Å². The van der Waals surface area contributed by atoms with Crippen molar-refractivity contribution in [1.29, 1.82) is 0 Å². The molecule has 0 atom stereocenters. The first-order valence-corrected chi connectivity index (χ1v) is 8.13. The fourth-order valence-electron chi connectivity index (χ4n) is 1.66. The van der Waals surface area contributed by atoms with Crippen LogP contribution in [-0.2, 0) is 14.3 Å². The first-order valence-electron chi connectivity index (χ1n) is 6.77. The van der Waals surface area contributed by atoms with Gasteiger partial charge in [0.05, 0.1) is 12.4 Å². The van der Waals surface area contributed by atoms with Crippen molar-refractivity contribution in [2.45, 2.75) is 31.7 Å². The number of carbonyl (C=O) groups excluding carboxylic acids is 2. The van der Waals surface area contributed by atoms with Gasteiger partial charge in [-0.05, 0) is 45.0 Å². The van der Waals surface area contributed by atoms with Crippen LogP contribution in [0.15, 0.2) is 29.2 Å². The van der Waals surface area contributed by atoms with Gasteiger partial charge >= 0.3 is 5.97 Å². The lowest BCUT2D eigenvalue weighted by Gasteiger charge is -2.25. The number of ether oxygens (including phenoxy) is 1. The third-order valence-corrected chi connectivity index (χ3v) is 3.97. The van der Waals surface area contributed by atoms with Gasteiger partial charge in [-0.1, -0.05) is 11.6 Å². The van der Waals surface area contributed by atoms with Crippen molar-refractivity contribution in [3.05, 3.63) is 29.3 Å². The Hall–Kier alpha value is -1.20.